The topological polar surface area (TPSA) is 148 Å². The Labute approximate surface area is 165 Å². The number of rotatable bonds is 11. The van der Waals surface area contributed by atoms with Crippen molar-refractivity contribution >= 4 is 29.2 Å². The third-order valence-electron chi connectivity index (χ3n) is 3.76. The maximum Gasteiger partial charge on any atom is 0.633 e. The predicted molar refractivity (Wildman–Crippen MR) is 101 cm³/mol. The molecule has 10 nitrogen and oxygen atoms in total. The van der Waals surface area contributed by atoms with Crippen LogP contribution in [0.4, 0.5) is 0 Å². The summed E-state index contributed by atoms with van der Waals surface area (Å²) in [5.41, 5.74) is 7.08. The number of hydrogen-bond donors (Lipinski definition) is 4. The first-order chi connectivity index (χ1) is 13.0. The molecule has 5 N–H and O–H groups in total. The van der Waals surface area contributed by atoms with Crippen molar-refractivity contribution in [2.24, 2.45) is 5.73 Å². The molecular weight excluding hydrogens is 419 g/mol. The molecule has 0 spiro atoms. The van der Waals surface area contributed by atoms with Crippen molar-refractivity contribution in [1.29, 1.82) is 0 Å². The number of halogens is 1. The number of carbonyl (C=O) groups is 1. The summed E-state index contributed by atoms with van der Waals surface area (Å²) in [6.07, 6.45) is 1.88. The zero-order valence-corrected chi connectivity index (χ0v) is 16.2. The Morgan fingerprint density at radius 1 is 1.33 bits per heavy atom. The molecule has 0 saturated heterocycles. The van der Waals surface area contributed by atoms with Crippen LogP contribution in [0.2, 0.25) is 0 Å². The molecule has 0 fully saturated rings. The number of benzene rings is 1. The molecule has 2 rings (SSSR count). The van der Waals surface area contributed by atoms with Crippen LogP contribution in [0, 0.1) is 0 Å². The third-order valence-corrected chi connectivity index (χ3v) is 4.29. The van der Waals surface area contributed by atoms with Gasteiger partial charge in [-0.3, -0.25) is 4.79 Å². The number of carbonyl (C=O) groups excluding carboxylic acids is 1. The average molecular weight is 441 g/mol. The van der Waals surface area contributed by atoms with Gasteiger partial charge in [0.15, 0.2) is 5.82 Å². The number of tetrazole rings is 1. The van der Waals surface area contributed by atoms with Crippen molar-refractivity contribution in [3.05, 3.63) is 40.1 Å². The first-order valence-electron chi connectivity index (χ1n) is 8.46. The number of nitrogens with one attached hydrogen (secondary N) is 1. The summed E-state index contributed by atoms with van der Waals surface area (Å²) in [6.45, 7) is 0.604. The smallest absolute Gasteiger partial charge is 0.402 e. The van der Waals surface area contributed by atoms with Gasteiger partial charge < -0.3 is 25.8 Å². The van der Waals surface area contributed by atoms with Gasteiger partial charge in [-0.15, -0.1) is 5.10 Å². The molecule has 1 amide bonds. The van der Waals surface area contributed by atoms with Crippen LogP contribution in [0.5, 0.6) is 0 Å². The molecule has 12 heteroatoms. The van der Waals surface area contributed by atoms with Crippen LogP contribution in [-0.4, -0.2) is 50.1 Å². The van der Waals surface area contributed by atoms with Crippen molar-refractivity contribution in [2.45, 2.75) is 38.4 Å². The molecule has 1 atom stereocenters. The van der Waals surface area contributed by atoms with Gasteiger partial charge in [-0.25, -0.2) is 4.68 Å². The number of nitrogens with zero attached hydrogens (tertiary/aromatic N) is 4. The minimum Gasteiger partial charge on any atom is -0.402 e. The number of amides is 1. The zero-order valence-electron chi connectivity index (χ0n) is 14.7. The molecule has 27 heavy (non-hydrogen) atoms. The maximum absolute atomic E-state index is 12.1. The molecule has 146 valence electrons. The monoisotopic (exact) mass is 440 g/mol. The summed E-state index contributed by atoms with van der Waals surface area (Å²) in [5, 5.41) is 31.3. The van der Waals surface area contributed by atoms with Gasteiger partial charge in [0.25, 0.3) is 0 Å². The quantitative estimate of drug-likeness (QED) is 0.279. The highest BCUT2D eigenvalue weighted by Gasteiger charge is 2.17. The molecule has 1 unspecified atom stereocenters. The second-order valence-corrected chi connectivity index (χ2v) is 6.81. The van der Waals surface area contributed by atoms with Gasteiger partial charge in [0.05, 0.1) is 6.04 Å². The van der Waals surface area contributed by atoms with Crippen molar-refractivity contribution in [2.75, 3.05) is 6.61 Å². The van der Waals surface area contributed by atoms with Crippen LogP contribution in [0.25, 0.3) is 0 Å². The Kier molecular flexibility index (Phi) is 8.81. The Hall–Kier alpha value is -1.86. The fourth-order valence-corrected chi connectivity index (χ4v) is 2.63. The molecule has 2 aromatic rings. The summed E-state index contributed by atoms with van der Waals surface area (Å²) in [4.78, 5) is 12.1. The van der Waals surface area contributed by atoms with Gasteiger partial charge in [0.2, 0.25) is 5.91 Å². The van der Waals surface area contributed by atoms with E-state index in [1.54, 1.807) is 0 Å². The normalized spacial score (nSPS) is 12.0. The minimum absolute atomic E-state index is 0.0215. The second-order valence-electron chi connectivity index (χ2n) is 5.90. The summed E-state index contributed by atoms with van der Waals surface area (Å²) in [5.74, 6) is 0.209. The van der Waals surface area contributed by atoms with E-state index in [-0.39, 0.29) is 19.1 Å². The summed E-state index contributed by atoms with van der Waals surface area (Å²) in [7, 11) is -1.76. The van der Waals surface area contributed by atoms with Crippen molar-refractivity contribution < 1.29 is 19.5 Å². The fraction of sp³-hybridized carbons (Fsp3) is 0.467. The van der Waals surface area contributed by atoms with Crippen molar-refractivity contribution in [1.82, 2.24) is 25.5 Å². The lowest BCUT2D eigenvalue weighted by Crippen LogP contribution is -2.29. The third kappa shape index (κ3) is 7.73. The van der Waals surface area contributed by atoms with E-state index in [0.717, 1.165) is 10.0 Å². The SMILES string of the molecule is NC(CCCCOB(O)O)c1nnnn1CC(=O)NCc1ccc(Br)cc1. The molecule has 1 aromatic carbocycles. The Morgan fingerprint density at radius 3 is 2.78 bits per heavy atom. The van der Waals surface area contributed by atoms with E-state index in [4.69, 9.17) is 15.8 Å². The first kappa shape index (κ1) is 21.4. The highest BCUT2D eigenvalue weighted by atomic mass is 79.9. The van der Waals surface area contributed by atoms with E-state index >= 15 is 0 Å². The molecule has 0 bridgehead atoms. The van der Waals surface area contributed by atoms with E-state index in [1.807, 2.05) is 24.3 Å². The van der Waals surface area contributed by atoms with Gasteiger partial charge in [-0.2, -0.15) is 0 Å². The van der Waals surface area contributed by atoms with Crippen LogP contribution in [-0.2, 0) is 22.5 Å². The number of aromatic nitrogens is 4. The highest BCUT2D eigenvalue weighted by Crippen LogP contribution is 2.14. The second kappa shape index (κ2) is 11.1. The Bertz CT molecular complexity index is 715. The van der Waals surface area contributed by atoms with Crippen LogP contribution < -0.4 is 11.1 Å². The number of hydrogen-bond acceptors (Lipinski definition) is 8. The summed E-state index contributed by atoms with van der Waals surface area (Å²) < 4.78 is 6.99. The molecule has 1 heterocycles. The molecule has 0 saturated carbocycles. The lowest BCUT2D eigenvalue weighted by atomic mass is 10.1. The van der Waals surface area contributed by atoms with Gasteiger partial charge >= 0.3 is 7.32 Å². The Morgan fingerprint density at radius 2 is 2.07 bits per heavy atom. The van der Waals surface area contributed by atoms with Gasteiger partial charge in [-0.1, -0.05) is 28.1 Å². The van der Waals surface area contributed by atoms with E-state index in [1.165, 1.54) is 4.68 Å². The fourth-order valence-electron chi connectivity index (χ4n) is 2.37. The highest BCUT2D eigenvalue weighted by molar-refractivity contribution is 9.10. The Balaban J connectivity index is 1.77. The van der Waals surface area contributed by atoms with Crippen LogP contribution in [0.3, 0.4) is 0 Å². The van der Waals surface area contributed by atoms with Crippen LogP contribution in [0.1, 0.15) is 36.7 Å². The van der Waals surface area contributed by atoms with Crippen LogP contribution in [0.15, 0.2) is 28.7 Å². The van der Waals surface area contributed by atoms with Gasteiger partial charge in [-0.05, 0) is 47.4 Å². The molecule has 0 aliphatic rings. The van der Waals surface area contributed by atoms with E-state index < -0.39 is 13.4 Å². The van der Waals surface area contributed by atoms with Crippen molar-refractivity contribution in [3.63, 3.8) is 0 Å². The molecule has 0 aliphatic carbocycles. The number of unbranched alkanes of at least 4 members (excludes halogenated alkanes) is 1. The number of nitrogens with two attached hydrogens (primary N) is 1. The van der Waals surface area contributed by atoms with Gasteiger partial charge in [0.1, 0.15) is 6.54 Å². The predicted octanol–water partition coefficient (Wildman–Crippen LogP) is -0.0918. The summed E-state index contributed by atoms with van der Waals surface area (Å²) >= 11 is 3.37. The zero-order chi connectivity index (χ0) is 19.6. The van der Waals surface area contributed by atoms with Crippen molar-refractivity contribution in [3.8, 4) is 0 Å². The van der Waals surface area contributed by atoms with E-state index in [0.29, 0.717) is 31.6 Å². The largest absolute Gasteiger partial charge is 0.633 e. The lowest BCUT2D eigenvalue weighted by Gasteiger charge is -2.12. The van der Waals surface area contributed by atoms with Crippen LogP contribution >= 0.6 is 15.9 Å². The standard InChI is InChI=1S/C15H22BBrN6O4/c17-12-6-4-11(5-7-12)9-19-14(24)10-23-15(20-21-22-23)13(18)3-1-2-8-27-16(25)26/h4-7,13,25-26H,1-3,8-10,18H2,(H,19,24). The molecule has 0 aliphatic heterocycles. The van der Waals surface area contributed by atoms with E-state index in [2.05, 4.69) is 41.4 Å². The summed E-state index contributed by atoms with van der Waals surface area (Å²) in [6, 6.07) is 7.22. The molecular formula is C15H22BBrN6O4. The van der Waals surface area contributed by atoms with Gasteiger partial charge in [0, 0.05) is 17.6 Å². The van der Waals surface area contributed by atoms with E-state index in [9.17, 15) is 4.79 Å². The first-order valence-corrected chi connectivity index (χ1v) is 9.25. The lowest BCUT2D eigenvalue weighted by molar-refractivity contribution is -0.122. The maximum atomic E-state index is 12.1. The average Bonchev–Trinajstić information content (AvgIpc) is 3.08. The molecule has 0 radical (unpaired) electrons. The molecule has 1 aromatic heterocycles. The minimum atomic E-state index is -1.76.